The van der Waals surface area contributed by atoms with Gasteiger partial charge in [0.15, 0.2) is 0 Å². The van der Waals surface area contributed by atoms with Crippen molar-refractivity contribution in [2.45, 2.75) is 25.4 Å². The lowest BCUT2D eigenvalue weighted by molar-refractivity contribution is -0.121. The van der Waals surface area contributed by atoms with Crippen LogP contribution in [0.4, 0.5) is 0 Å². The monoisotopic (exact) mass is 401 g/mol. The molecule has 0 saturated carbocycles. The van der Waals surface area contributed by atoms with Crippen molar-refractivity contribution in [3.63, 3.8) is 0 Å². The molecule has 0 aliphatic carbocycles. The molecule has 0 fully saturated rings. The largest absolute Gasteiger partial charge is 0.387 e. The molecule has 118 valence electrons. The fourth-order valence-corrected chi connectivity index (χ4v) is 3.66. The van der Waals surface area contributed by atoms with Gasteiger partial charge in [-0.15, -0.1) is 11.3 Å². The fraction of sp³-hybridized carbons (Fsp3) is 0.312. The Morgan fingerprint density at radius 1 is 1.27 bits per heavy atom. The van der Waals surface area contributed by atoms with Gasteiger partial charge in [0.2, 0.25) is 5.91 Å². The van der Waals surface area contributed by atoms with Gasteiger partial charge >= 0.3 is 0 Å². The van der Waals surface area contributed by atoms with Gasteiger partial charge in [0.05, 0.1) is 9.89 Å². The van der Waals surface area contributed by atoms with Crippen LogP contribution in [0.1, 0.15) is 29.4 Å². The van der Waals surface area contributed by atoms with E-state index >= 15 is 0 Å². The third kappa shape index (κ3) is 5.72. The third-order valence-electron chi connectivity index (χ3n) is 3.20. The molecule has 1 atom stereocenters. The molecule has 0 aliphatic rings. The SMILES string of the molecule is O=C(CCCc1ccc(Br)s1)NCC(O)c1ccc(Cl)cc1. The Labute approximate surface area is 147 Å². The Bertz CT molecular complexity index is 615. The molecule has 1 aromatic heterocycles. The predicted octanol–water partition coefficient (Wildman–Crippen LogP) is 4.34. The van der Waals surface area contributed by atoms with Crippen molar-refractivity contribution in [3.8, 4) is 0 Å². The zero-order valence-electron chi connectivity index (χ0n) is 11.9. The molecule has 6 heteroatoms. The number of carbonyl (C=O) groups is 1. The van der Waals surface area contributed by atoms with E-state index in [1.807, 2.05) is 6.07 Å². The Balaban J connectivity index is 1.67. The van der Waals surface area contributed by atoms with Gasteiger partial charge in [0.25, 0.3) is 0 Å². The van der Waals surface area contributed by atoms with Crippen LogP contribution in [0.2, 0.25) is 5.02 Å². The highest BCUT2D eigenvalue weighted by molar-refractivity contribution is 9.11. The number of aliphatic hydroxyl groups excluding tert-OH is 1. The normalized spacial score (nSPS) is 12.1. The Morgan fingerprint density at radius 2 is 2.00 bits per heavy atom. The number of halogens is 2. The van der Waals surface area contributed by atoms with Crippen LogP contribution in [0.25, 0.3) is 0 Å². The average Bonchev–Trinajstić information content (AvgIpc) is 2.91. The number of nitrogens with one attached hydrogen (secondary N) is 1. The molecule has 1 heterocycles. The average molecular weight is 403 g/mol. The van der Waals surface area contributed by atoms with Crippen LogP contribution in [0.3, 0.4) is 0 Å². The van der Waals surface area contributed by atoms with Gasteiger partial charge < -0.3 is 10.4 Å². The van der Waals surface area contributed by atoms with E-state index in [1.165, 1.54) is 4.88 Å². The number of hydrogen-bond acceptors (Lipinski definition) is 3. The maximum Gasteiger partial charge on any atom is 0.220 e. The van der Waals surface area contributed by atoms with E-state index in [0.717, 1.165) is 22.2 Å². The summed E-state index contributed by atoms with van der Waals surface area (Å²) in [5, 5.41) is 13.4. The van der Waals surface area contributed by atoms with Crippen LogP contribution in [0, 0.1) is 0 Å². The Kier molecular flexibility index (Phi) is 6.89. The molecule has 0 saturated heterocycles. The number of aliphatic hydroxyl groups is 1. The van der Waals surface area contributed by atoms with Crippen LogP contribution in [-0.4, -0.2) is 17.6 Å². The summed E-state index contributed by atoms with van der Waals surface area (Å²) in [4.78, 5) is 13.0. The summed E-state index contributed by atoms with van der Waals surface area (Å²) in [7, 11) is 0. The lowest BCUT2D eigenvalue weighted by Gasteiger charge is -2.12. The Hall–Kier alpha value is -0.880. The van der Waals surface area contributed by atoms with E-state index in [2.05, 4.69) is 27.3 Å². The first kappa shape index (κ1) is 17.5. The minimum absolute atomic E-state index is 0.0383. The fourth-order valence-electron chi connectivity index (χ4n) is 2.01. The summed E-state index contributed by atoms with van der Waals surface area (Å²) in [6.45, 7) is 0.213. The van der Waals surface area contributed by atoms with Crippen LogP contribution in [-0.2, 0) is 11.2 Å². The first-order valence-electron chi connectivity index (χ1n) is 6.99. The first-order chi connectivity index (χ1) is 10.5. The highest BCUT2D eigenvalue weighted by Crippen LogP contribution is 2.23. The number of aryl methyl sites for hydroxylation is 1. The first-order valence-corrected chi connectivity index (χ1v) is 8.98. The van der Waals surface area contributed by atoms with Crippen molar-refractivity contribution in [3.05, 3.63) is 55.6 Å². The molecule has 0 radical (unpaired) electrons. The molecule has 3 nitrogen and oxygen atoms in total. The molecule has 1 aromatic carbocycles. The van der Waals surface area contributed by atoms with Crippen molar-refractivity contribution < 1.29 is 9.90 Å². The molecule has 22 heavy (non-hydrogen) atoms. The summed E-state index contributed by atoms with van der Waals surface area (Å²) >= 11 is 10.9. The standard InChI is InChI=1S/C16H17BrClNO2S/c17-15-9-8-13(22-15)2-1-3-16(21)19-10-14(20)11-4-6-12(18)7-5-11/h4-9,14,20H,1-3,10H2,(H,19,21). The number of hydrogen-bond donors (Lipinski definition) is 2. The van der Waals surface area contributed by atoms with Gasteiger partial charge in [-0.1, -0.05) is 23.7 Å². The number of amides is 1. The van der Waals surface area contributed by atoms with Crippen molar-refractivity contribution >= 4 is 44.8 Å². The Morgan fingerprint density at radius 3 is 2.64 bits per heavy atom. The molecule has 2 rings (SSSR count). The van der Waals surface area contributed by atoms with Crippen molar-refractivity contribution in [1.29, 1.82) is 0 Å². The summed E-state index contributed by atoms with van der Waals surface area (Å²) in [6, 6.07) is 11.0. The number of rotatable bonds is 7. The van der Waals surface area contributed by atoms with E-state index < -0.39 is 6.10 Å². The topological polar surface area (TPSA) is 49.3 Å². The van der Waals surface area contributed by atoms with E-state index in [1.54, 1.807) is 35.6 Å². The minimum Gasteiger partial charge on any atom is -0.387 e. The molecule has 0 aliphatic heterocycles. The molecular formula is C16H17BrClNO2S. The lowest BCUT2D eigenvalue weighted by atomic mass is 10.1. The highest BCUT2D eigenvalue weighted by atomic mass is 79.9. The number of carbonyl (C=O) groups excluding carboxylic acids is 1. The van der Waals surface area contributed by atoms with Crippen LogP contribution < -0.4 is 5.32 Å². The van der Waals surface area contributed by atoms with E-state index in [9.17, 15) is 9.90 Å². The number of thiophene rings is 1. The van der Waals surface area contributed by atoms with Gasteiger partial charge in [-0.25, -0.2) is 0 Å². The van der Waals surface area contributed by atoms with Gasteiger partial charge in [0, 0.05) is 22.9 Å². The highest BCUT2D eigenvalue weighted by Gasteiger charge is 2.09. The number of benzene rings is 1. The van der Waals surface area contributed by atoms with Gasteiger partial charge in [-0.3, -0.25) is 4.79 Å². The smallest absolute Gasteiger partial charge is 0.220 e. The third-order valence-corrected chi connectivity index (χ3v) is 5.14. The molecule has 2 N–H and O–H groups in total. The van der Waals surface area contributed by atoms with Gasteiger partial charge in [-0.2, -0.15) is 0 Å². The second-order valence-electron chi connectivity index (χ2n) is 4.93. The van der Waals surface area contributed by atoms with E-state index in [0.29, 0.717) is 11.4 Å². The quantitative estimate of drug-likeness (QED) is 0.724. The molecule has 0 spiro atoms. The predicted molar refractivity (Wildman–Crippen MR) is 94.4 cm³/mol. The molecule has 1 amide bonds. The second kappa shape index (κ2) is 8.67. The molecule has 1 unspecified atom stereocenters. The van der Waals surface area contributed by atoms with Crippen LogP contribution in [0.15, 0.2) is 40.2 Å². The second-order valence-corrected chi connectivity index (χ2v) is 7.91. The maximum absolute atomic E-state index is 11.8. The summed E-state index contributed by atoms with van der Waals surface area (Å²) in [6.07, 6.45) is 1.44. The summed E-state index contributed by atoms with van der Waals surface area (Å²) < 4.78 is 1.11. The van der Waals surface area contributed by atoms with Crippen molar-refractivity contribution in [2.24, 2.45) is 0 Å². The minimum atomic E-state index is -0.713. The molecule has 0 bridgehead atoms. The van der Waals surface area contributed by atoms with E-state index in [4.69, 9.17) is 11.6 Å². The van der Waals surface area contributed by atoms with Crippen molar-refractivity contribution in [2.75, 3.05) is 6.54 Å². The summed E-state index contributed by atoms with van der Waals surface area (Å²) in [5.74, 6) is -0.0383. The maximum atomic E-state index is 11.8. The van der Waals surface area contributed by atoms with Crippen molar-refractivity contribution in [1.82, 2.24) is 5.32 Å². The zero-order valence-corrected chi connectivity index (χ0v) is 15.0. The zero-order chi connectivity index (χ0) is 15.9. The van der Waals surface area contributed by atoms with E-state index in [-0.39, 0.29) is 12.5 Å². The van der Waals surface area contributed by atoms with Crippen LogP contribution >= 0.6 is 38.9 Å². The van der Waals surface area contributed by atoms with Crippen LogP contribution in [0.5, 0.6) is 0 Å². The summed E-state index contributed by atoms with van der Waals surface area (Å²) in [5.41, 5.74) is 0.744. The lowest BCUT2D eigenvalue weighted by Crippen LogP contribution is -2.28. The van der Waals surface area contributed by atoms with Gasteiger partial charge in [0.1, 0.15) is 0 Å². The molecular weight excluding hydrogens is 386 g/mol. The van der Waals surface area contributed by atoms with Gasteiger partial charge in [-0.05, 0) is 58.6 Å². The molecule has 2 aromatic rings.